The lowest BCUT2D eigenvalue weighted by atomic mass is 10.1. The predicted molar refractivity (Wildman–Crippen MR) is 94.6 cm³/mol. The maximum atomic E-state index is 12.6. The molecule has 1 amide bonds. The van der Waals surface area contributed by atoms with E-state index in [2.05, 4.69) is 4.98 Å². The molecule has 0 aliphatic heterocycles. The summed E-state index contributed by atoms with van der Waals surface area (Å²) in [7, 11) is 0. The molecule has 7 heteroatoms. The number of H-pyrrole nitrogens is 1. The van der Waals surface area contributed by atoms with E-state index in [9.17, 15) is 14.4 Å². The molecule has 0 fully saturated rings. The molecule has 7 nitrogen and oxygen atoms in total. The fourth-order valence-electron chi connectivity index (χ4n) is 2.62. The fraction of sp³-hybridized carbons (Fsp3) is 0.333. The van der Waals surface area contributed by atoms with Crippen LogP contribution in [0.5, 0.6) is 0 Å². The van der Waals surface area contributed by atoms with Gasteiger partial charge in [0.05, 0.1) is 0 Å². The van der Waals surface area contributed by atoms with Gasteiger partial charge < -0.3 is 4.90 Å². The zero-order chi connectivity index (χ0) is 18.6. The lowest BCUT2D eigenvalue weighted by molar-refractivity contribution is -0.118. The third-order valence-corrected chi connectivity index (χ3v) is 4.18. The number of amides is 1. The number of hydrogen-bond acceptors (Lipinski definition) is 4. The monoisotopic (exact) mass is 340 g/mol. The molecule has 0 atom stereocenters. The molecule has 1 aromatic heterocycles. The number of carbonyl (C=O) groups excluding carboxylic acids is 1. The summed E-state index contributed by atoms with van der Waals surface area (Å²) >= 11 is 0. The Bertz CT molecular complexity index is 950. The Hall–Kier alpha value is -3.14. The molecule has 0 spiro atoms. The average Bonchev–Trinajstić information content (AvgIpc) is 2.58. The third kappa shape index (κ3) is 3.86. The van der Waals surface area contributed by atoms with Crippen LogP contribution in [0.4, 0.5) is 5.69 Å². The Morgan fingerprint density at radius 1 is 1.32 bits per heavy atom. The van der Waals surface area contributed by atoms with E-state index in [1.165, 1.54) is 10.8 Å². The molecule has 0 radical (unpaired) electrons. The Labute approximate surface area is 145 Å². The van der Waals surface area contributed by atoms with Crippen LogP contribution in [0.15, 0.2) is 34.0 Å². The SMILES string of the molecule is CCN(C(=O)CCn1cc(C#N)c(=O)[nH]c1=O)c1cccc(C)c1C. The molecule has 0 aliphatic carbocycles. The van der Waals surface area contributed by atoms with Crippen molar-refractivity contribution in [1.82, 2.24) is 9.55 Å². The summed E-state index contributed by atoms with van der Waals surface area (Å²) in [5, 5.41) is 8.88. The zero-order valence-corrected chi connectivity index (χ0v) is 14.5. The van der Waals surface area contributed by atoms with Gasteiger partial charge in [0.25, 0.3) is 5.56 Å². The van der Waals surface area contributed by atoms with Crippen molar-refractivity contribution in [2.24, 2.45) is 0 Å². The molecule has 0 unspecified atom stereocenters. The van der Waals surface area contributed by atoms with E-state index < -0.39 is 11.2 Å². The van der Waals surface area contributed by atoms with Gasteiger partial charge in [-0.2, -0.15) is 5.26 Å². The summed E-state index contributed by atoms with van der Waals surface area (Å²) < 4.78 is 1.18. The summed E-state index contributed by atoms with van der Waals surface area (Å²) in [6.45, 7) is 6.43. The van der Waals surface area contributed by atoms with Gasteiger partial charge in [0.2, 0.25) is 5.91 Å². The smallest absolute Gasteiger partial charge is 0.312 e. The summed E-state index contributed by atoms with van der Waals surface area (Å²) in [5.74, 6) is -0.132. The van der Waals surface area contributed by atoms with Gasteiger partial charge >= 0.3 is 5.69 Å². The first-order valence-corrected chi connectivity index (χ1v) is 7.99. The second kappa shape index (κ2) is 7.62. The number of nitriles is 1. The molecule has 1 N–H and O–H groups in total. The minimum atomic E-state index is -0.722. The van der Waals surface area contributed by atoms with Crippen molar-refractivity contribution in [1.29, 1.82) is 5.26 Å². The van der Waals surface area contributed by atoms with Gasteiger partial charge in [0, 0.05) is 31.4 Å². The summed E-state index contributed by atoms with van der Waals surface area (Å²) in [4.78, 5) is 39.6. The first kappa shape index (κ1) is 18.2. The van der Waals surface area contributed by atoms with Gasteiger partial charge in [0.15, 0.2) is 0 Å². The highest BCUT2D eigenvalue weighted by molar-refractivity contribution is 5.94. The van der Waals surface area contributed by atoms with Crippen LogP contribution in [0.3, 0.4) is 0 Å². The van der Waals surface area contributed by atoms with Gasteiger partial charge in [-0.05, 0) is 38.0 Å². The van der Waals surface area contributed by atoms with Gasteiger partial charge in [0.1, 0.15) is 11.6 Å². The van der Waals surface area contributed by atoms with Gasteiger partial charge in [-0.1, -0.05) is 12.1 Å². The number of carbonyl (C=O) groups is 1. The number of hydrogen-bond donors (Lipinski definition) is 1. The molecule has 0 saturated carbocycles. The number of aromatic amines is 1. The maximum absolute atomic E-state index is 12.6. The Kier molecular flexibility index (Phi) is 5.55. The number of anilines is 1. The van der Waals surface area contributed by atoms with E-state index in [1.807, 2.05) is 39.0 Å². The normalized spacial score (nSPS) is 10.3. The largest absolute Gasteiger partial charge is 0.328 e. The van der Waals surface area contributed by atoms with Gasteiger partial charge in [-0.15, -0.1) is 0 Å². The maximum Gasteiger partial charge on any atom is 0.328 e. The first-order valence-electron chi connectivity index (χ1n) is 7.99. The summed E-state index contributed by atoms with van der Waals surface area (Å²) in [6, 6.07) is 7.51. The van der Waals surface area contributed by atoms with E-state index in [0.717, 1.165) is 16.8 Å². The number of aromatic nitrogens is 2. The number of benzene rings is 1. The molecule has 1 heterocycles. The number of nitrogens with one attached hydrogen (secondary N) is 1. The highest BCUT2D eigenvalue weighted by atomic mass is 16.2. The summed E-state index contributed by atoms with van der Waals surface area (Å²) in [5.41, 5.74) is 1.46. The number of aryl methyl sites for hydroxylation is 2. The van der Waals surface area contributed by atoms with Crippen LogP contribution >= 0.6 is 0 Å². The molecule has 25 heavy (non-hydrogen) atoms. The van der Waals surface area contributed by atoms with Crippen molar-refractivity contribution in [2.45, 2.75) is 33.7 Å². The molecule has 2 aromatic rings. The van der Waals surface area contributed by atoms with Crippen LogP contribution in [-0.4, -0.2) is 22.0 Å². The molecule has 2 rings (SSSR count). The van der Waals surface area contributed by atoms with E-state index >= 15 is 0 Å². The molecular formula is C18H20N4O3. The Morgan fingerprint density at radius 2 is 2.04 bits per heavy atom. The number of nitrogens with zero attached hydrogens (tertiary/aromatic N) is 3. The van der Waals surface area contributed by atoms with Crippen LogP contribution in [0.1, 0.15) is 30.0 Å². The number of rotatable bonds is 5. The van der Waals surface area contributed by atoms with E-state index in [-0.39, 0.29) is 24.4 Å². The second-order valence-electron chi connectivity index (χ2n) is 5.71. The van der Waals surface area contributed by atoms with Crippen molar-refractivity contribution in [3.63, 3.8) is 0 Å². The topological polar surface area (TPSA) is 99.0 Å². The van der Waals surface area contributed by atoms with E-state index in [4.69, 9.17) is 5.26 Å². The van der Waals surface area contributed by atoms with Crippen LogP contribution in [-0.2, 0) is 11.3 Å². The quantitative estimate of drug-likeness (QED) is 0.891. The summed E-state index contributed by atoms with van der Waals surface area (Å²) in [6.07, 6.45) is 1.26. The minimum Gasteiger partial charge on any atom is -0.312 e. The zero-order valence-electron chi connectivity index (χ0n) is 14.5. The van der Waals surface area contributed by atoms with E-state index in [0.29, 0.717) is 6.54 Å². The lowest BCUT2D eigenvalue weighted by Crippen LogP contribution is -2.35. The predicted octanol–water partition coefficient (Wildman–Crippen LogP) is 1.47. The standard InChI is InChI=1S/C18H20N4O3/c1-4-22(15-7-5-6-12(2)13(15)3)16(23)8-9-21-11-14(10-19)17(24)20-18(21)25/h5-7,11H,4,8-9H2,1-3H3,(H,20,24,25). The molecule has 0 saturated heterocycles. The fourth-order valence-corrected chi connectivity index (χ4v) is 2.62. The van der Waals surface area contributed by atoms with Gasteiger partial charge in [-0.3, -0.25) is 19.1 Å². The Morgan fingerprint density at radius 3 is 2.68 bits per heavy atom. The van der Waals surface area contributed by atoms with Crippen LogP contribution in [0, 0.1) is 25.2 Å². The average molecular weight is 340 g/mol. The first-order chi connectivity index (χ1) is 11.9. The molecule has 0 bridgehead atoms. The van der Waals surface area contributed by atoms with Crippen LogP contribution < -0.4 is 16.1 Å². The highest BCUT2D eigenvalue weighted by Crippen LogP contribution is 2.23. The van der Waals surface area contributed by atoms with Crippen molar-refractivity contribution >= 4 is 11.6 Å². The molecule has 0 aliphatic rings. The van der Waals surface area contributed by atoms with Crippen molar-refractivity contribution in [2.75, 3.05) is 11.4 Å². The Balaban J connectivity index is 2.22. The van der Waals surface area contributed by atoms with Crippen molar-refractivity contribution in [3.8, 4) is 6.07 Å². The van der Waals surface area contributed by atoms with Crippen molar-refractivity contribution in [3.05, 3.63) is 61.9 Å². The van der Waals surface area contributed by atoms with E-state index in [1.54, 1.807) is 11.0 Å². The van der Waals surface area contributed by atoms with Crippen molar-refractivity contribution < 1.29 is 4.79 Å². The van der Waals surface area contributed by atoms with Gasteiger partial charge in [-0.25, -0.2) is 4.79 Å². The minimum absolute atomic E-state index is 0.0814. The molecule has 130 valence electrons. The second-order valence-corrected chi connectivity index (χ2v) is 5.71. The highest BCUT2D eigenvalue weighted by Gasteiger charge is 2.17. The molecule has 1 aromatic carbocycles. The third-order valence-electron chi connectivity index (χ3n) is 4.18. The molecular weight excluding hydrogens is 320 g/mol. The lowest BCUT2D eigenvalue weighted by Gasteiger charge is -2.24. The van der Waals surface area contributed by atoms with Crippen LogP contribution in [0.2, 0.25) is 0 Å². The van der Waals surface area contributed by atoms with Crippen LogP contribution in [0.25, 0.3) is 0 Å².